The molecule has 0 fully saturated rings. The Morgan fingerprint density at radius 3 is 2.20 bits per heavy atom. The molecule has 7 nitrogen and oxygen atoms in total. The Morgan fingerprint density at radius 2 is 1.80 bits per heavy atom. The molecule has 1 aromatic rings. The summed E-state index contributed by atoms with van der Waals surface area (Å²) in [6, 6.07) is 1.42. The Labute approximate surface area is 84.0 Å². The van der Waals surface area contributed by atoms with Crippen LogP contribution in [0.4, 0.5) is 0 Å². The number of rotatable bonds is 4. The van der Waals surface area contributed by atoms with Crippen LogP contribution in [0.15, 0.2) is 18.5 Å². The van der Waals surface area contributed by atoms with Crippen molar-refractivity contribution in [3.63, 3.8) is 0 Å². The lowest BCUT2D eigenvalue weighted by atomic mass is 9.99. The van der Waals surface area contributed by atoms with Gasteiger partial charge in [-0.15, -0.1) is 0 Å². The molecule has 0 aliphatic carbocycles. The van der Waals surface area contributed by atoms with Gasteiger partial charge in [-0.05, 0) is 6.07 Å². The molecule has 0 saturated carbocycles. The quantitative estimate of drug-likeness (QED) is 0.598. The third-order valence-electron chi connectivity index (χ3n) is 1.70. The van der Waals surface area contributed by atoms with Gasteiger partial charge in [-0.2, -0.15) is 0 Å². The van der Waals surface area contributed by atoms with E-state index in [0.29, 0.717) is 0 Å². The maximum absolute atomic E-state index is 10.8. The van der Waals surface area contributed by atoms with Gasteiger partial charge in [0.25, 0.3) is 0 Å². The number of nitrogens with zero attached hydrogens (tertiary/aromatic N) is 2. The van der Waals surface area contributed by atoms with Crippen LogP contribution in [0, 0.1) is 0 Å². The second-order valence-corrected chi connectivity index (χ2v) is 2.81. The second kappa shape index (κ2) is 4.01. The van der Waals surface area contributed by atoms with Gasteiger partial charge in [-0.1, -0.05) is 0 Å². The Bertz CT molecular complexity index is 380. The Hall–Kier alpha value is -2.02. The Kier molecular flexibility index (Phi) is 2.96. The smallest absolute Gasteiger partial charge is 0.344 e. The van der Waals surface area contributed by atoms with Gasteiger partial charge in [0.05, 0.1) is 6.42 Å². The highest BCUT2D eigenvalue weighted by atomic mass is 16.4. The summed E-state index contributed by atoms with van der Waals surface area (Å²) in [4.78, 5) is 28.2. The number of aromatic nitrogens is 2. The molecular formula is C8H8N2O5. The third kappa shape index (κ3) is 2.26. The van der Waals surface area contributed by atoms with E-state index < -0.39 is 29.8 Å². The molecule has 0 aromatic carbocycles. The number of carboxylic acid groups (broad SMARTS) is 2. The van der Waals surface area contributed by atoms with Gasteiger partial charge in [0.1, 0.15) is 0 Å². The predicted octanol–water partition coefficient (Wildman–Crippen LogP) is -0.777. The highest BCUT2D eigenvalue weighted by molar-refractivity contribution is 5.84. The summed E-state index contributed by atoms with van der Waals surface area (Å²) < 4.78 is 0. The van der Waals surface area contributed by atoms with Crippen LogP contribution in [0.5, 0.6) is 0 Å². The van der Waals surface area contributed by atoms with Crippen molar-refractivity contribution in [1.29, 1.82) is 0 Å². The van der Waals surface area contributed by atoms with Crippen molar-refractivity contribution in [2.45, 2.75) is 12.0 Å². The minimum absolute atomic E-state index is 0.445. The number of hydrogen-bond acceptors (Lipinski definition) is 5. The molecule has 0 amide bonds. The summed E-state index contributed by atoms with van der Waals surface area (Å²) in [6.45, 7) is 0. The van der Waals surface area contributed by atoms with Crippen molar-refractivity contribution < 1.29 is 24.9 Å². The van der Waals surface area contributed by atoms with Gasteiger partial charge >= 0.3 is 11.9 Å². The van der Waals surface area contributed by atoms with Crippen molar-refractivity contribution in [1.82, 2.24) is 9.97 Å². The van der Waals surface area contributed by atoms with E-state index in [9.17, 15) is 14.7 Å². The highest BCUT2D eigenvalue weighted by Gasteiger charge is 2.43. The van der Waals surface area contributed by atoms with E-state index in [1.54, 1.807) is 0 Å². The average molecular weight is 212 g/mol. The van der Waals surface area contributed by atoms with Crippen molar-refractivity contribution in [2.24, 2.45) is 0 Å². The van der Waals surface area contributed by atoms with Gasteiger partial charge in [-0.3, -0.25) is 4.79 Å². The summed E-state index contributed by atoms with van der Waals surface area (Å²) in [5, 5.41) is 26.8. The van der Waals surface area contributed by atoms with Crippen molar-refractivity contribution in [3.8, 4) is 0 Å². The van der Waals surface area contributed by atoms with Crippen LogP contribution in [0.25, 0.3) is 0 Å². The minimum Gasteiger partial charge on any atom is -0.481 e. The first-order valence-electron chi connectivity index (χ1n) is 3.92. The Balaban J connectivity index is 3.13. The summed E-state index contributed by atoms with van der Waals surface area (Å²) in [6.07, 6.45) is 1.45. The van der Waals surface area contributed by atoms with Crippen LogP contribution < -0.4 is 0 Å². The fourth-order valence-electron chi connectivity index (χ4n) is 0.982. The van der Waals surface area contributed by atoms with Crippen molar-refractivity contribution in [3.05, 3.63) is 24.3 Å². The van der Waals surface area contributed by atoms with E-state index in [-0.39, 0.29) is 0 Å². The molecule has 0 aliphatic heterocycles. The highest BCUT2D eigenvalue weighted by Crippen LogP contribution is 2.21. The van der Waals surface area contributed by atoms with Gasteiger partial charge in [0.15, 0.2) is 5.82 Å². The van der Waals surface area contributed by atoms with Gasteiger partial charge < -0.3 is 15.3 Å². The largest absolute Gasteiger partial charge is 0.481 e. The molecule has 0 saturated heterocycles. The maximum Gasteiger partial charge on any atom is 0.344 e. The molecular weight excluding hydrogens is 204 g/mol. The zero-order chi connectivity index (χ0) is 11.5. The van der Waals surface area contributed by atoms with Crippen molar-refractivity contribution in [2.75, 3.05) is 0 Å². The average Bonchev–Trinajstić information content (AvgIpc) is 2.17. The van der Waals surface area contributed by atoms with E-state index >= 15 is 0 Å². The topological polar surface area (TPSA) is 121 Å². The lowest BCUT2D eigenvalue weighted by molar-refractivity contribution is -0.167. The van der Waals surface area contributed by atoms with Crippen molar-refractivity contribution >= 4 is 11.9 Å². The normalized spacial score (nSPS) is 14.2. The predicted molar refractivity (Wildman–Crippen MR) is 45.8 cm³/mol. The Morgan fingerprint density at radius 1 is 1.27 bits per heavy atom. The van der Waals surface area contributed by atoms with Gasteiger partial charge in [0.2, 0.25) is 5.60 Å². The van der Waals surface area contributed by atoms with Gasteiger partial charge in [0, 0.05) is 12.4 Å². The number of aliphatic hydroxyl groups is 1. The zero-order valence-electron chi connectivity index (χ0n) is 7.49. The monoisotopic (exact) mass is 212 g/mol. The molecule has 1 unspecified atom stereocenters. The molecule has 0 bridgehead atoms. The molecule has 0 spiro atoms. The number of aliphatic carboxylic acids is 2. The third-order valence-corrected chi connectivity index (χ3v) is 1.70. The molecule has 80 valence electrons. The maximum atomic E-state index is 10.8. The molecule has 15 heavy (non-hydrogen) atoms. The fourth-order valence-corrected chi connectivity index (χ4v) is 0.982. The second-order valence-electron chi connectivity index (χ2n) is 2.81. The molecule has 1 rings (SSSR count). The SMILES string of the molecule is O=C(O)CC(O)(C(=O)O)c1ncccn1. The summed E-state index contributed by atoms with van der Waals surface area (Å²) in [5.41, 5.74) is -2.59. The molecule has 3 N–H and O–H groups in total. The molecule has 0 aliphatic rings. The molecule has 0 radical (unpaired) electrons. The summed E-state index contributed by atoms with van der Waals surface area (Å²) >= 11 is 0. The number of carboxylic acids is 2. The lowest BCUT2D eigenvalue weighted by Crippen LogP contribution is -2.39. The summed E-state index contributed by atoms with van der Waals surface area (Å²) in [7, 11) is 0. The van der Waals surface area contributed by atoms with Crippen LogP contribution in [-0.2, 0) is 15.2 Å². The van der Waals surface area contributed by atoms with E-state index in [2.05, 4.69) is 9.97 Å². The van der Waals surface area contributed by atoms with Crippen LogP contribution in [0.1, 0.15) is 12.2 Å². The van der Waals surface area contributed by atoms with Crippen LogP contribution in [-0.4, -0.2) is 37.2 Å². The fraction of sp³-hybridized carbons (Fsp3) is 0.250. The molecule has 1 atom stereocenters. The standard InChI is InChI=1S/C8H8N2O5/c11-5(12)4-8(15,7(13)14)6-9-2-1-3-10-6/h1-3,15H,4H2,(H,11,12)(H,13,14). The van der Waals surface area contributed by atoms with Crippen LogP contribution >= 0.6 is 0 Å². The van der Waals surface area contributed by atoms with E-state index in [0.717, 1.165) is 0 Å². The number of hydrogen-bond donors (Lipinski definition) is 3. The van der Waals surface area contributed by atoms with Crippen LogP contribution in [0.3, 0.4) is 0 Å². The number of carbonyl (C=O) groups is 2. The lowest BCUT2D eigenvalue weighted by Gasteiger charge is -2.18. The first kappa shape index (κ1) is 11.1. The molecule has 1 aromatic heterocycles. The van der Waals surface area contributed by atoms with E-state index in [4.69, 9.17) is 10.2 Å². The van der Waals surface area contributed by atoms with E-state index in [1.165, 1.54) is 18.5 Å². The molecule has 7 heteroatoms. The van der Waals surface area contributed by atoms with Gasteiger partial charge in [-0.25, -0.2) is 14.8 Å². The molecule has 1 heterocycles. The first-order valence-corrected chi connectivity index (χ1v) is 3.92. The van der Waals surface area contributed by atoms with E-state index in [1.807, 2.05) is 0 Å². The first-order chi connectivity index (χ1) is 6.97. The minimum atomic E-state index is -2.59. The van der Waals surface area contributed by atoms with Crippen LogP contribution in [0.2, 0.25) is 0 Å². The zero-order valence-corrected chi connectivity index (χ0v) is 7.49. The summed E-state index contributed by atoms with van der Waals surface area (Å²) in [5.74, 6) is -3.59.